The summed E-state index contributed by atoms with van der Waals surface area (Å²) in [6.45, 7) is -0.750. The van der Waals surface area contributed by atoms with Gasteiger partial charge in [0.15, 0.2) is 11.5 Å². The maximum atomic E-state index is 13.8. The first kappa shape index (κ1) is 33.1. The van der Waals surface area contributed by atoms with Crippen LogP contribution in [0, 0.1) is 0 Å². The number of pyridine rings is 1. The van der Waals surface area contributed by atoms with E-state index in [0.717, 1.165) is 40.8 Å². The number of nitrogens with zero attached hydrogens (tertiary/aromatic N) is 1. The van der Waals surface area contributed by atoms with Gasteiger partial charge in [-0.1, -0.05) is 78.9 Å². The third-order valence-electron chi connectivity index (χ3n) is 7.65. The summed E-state index contributed by atoms with van der Waals surface area (Å²) in [5.74, 6) is 1.85. The van der Waals surface area contributed by atoms with Crippen molar-refractivity contribution in [1.29, 1.82) is 0 Å². The molecule has 5 rings (SSSR count). The van der Waals surface area contributed by atoms with E-state index in [1.54, 1.807) is 68.9 Å². The highest BCUT2D eigenvalue weighted by Crippen LogP contribution is 2.30. The van der Waals surface area contributed by atoms with Gasteiger partial charge in [-0.15, -0.1) is 0 Å². The van der Waals surface area contributed by atoms with Crippen molar-refractivity contribution in [3.8, 4) is 17.2 Å². The Morgan fingerprint density at radius 2 is 1.15 bits per heavy atom. The highest BCUT2D eigenvalue weighted by molar-refractivity contribution is 5.70. The number of methoxy groups -OCH3 is 2. The van der Waals surface area contributed by atoms with Crippen molar-refractivity contribution in [2.24, 2.45) is 0 Å². The van der Waals surface area contributed by atoms with Crippen LogP contribution in [0.1, 0.15) is 39.2 Å². The molecule has 1 aromatic heterocycles. The summed E-state index contributed by atoms with van der Waals surface area (Å²) in [5.41, 5.74) is 5.74. The molecule has 4 aromatic carbocycles. The van der Waals surface area contributed by atoms with Gasteiger partial charge in [-0.25, -0.2) is 0 Å². The highest BCUT2D eigenvalue weighted by atomic mass is 19.4. The van der Waals surface area contributed by atoms with E-state index in [1.165, 1.54) is 10.1 Å². The molecular weight excluding hydrogens is 599 g/mol. The summed E-state index contributed by atoms with van der Waals surface area (Å²) in [6, 6.07) is 36.4. The van der Waals surface area contributed by atoms with Gasteiger partial charge in [0.1, 0.15) is 12.4 Å². The van der Waals surface area contributed by atoms with Crippen LogP contribution < -0.4 is 18.8 Å². The molecule has 0 aliphatic rings. The van der Waals surface area contributed by atoms with Crippen LogP contribution in [0.5, 0.6) is 17.2 Å². The van der Waals surface area contributed by atoms with Gasteiger partial charge in [0.2, 0.25) is 17.9 Å². The van der Waals surface area contributed by atoms with Crippen molar-refractivity contribution < 1.29 is 31.9 Å². The third-order valence-corrected chi connectivity index (χ3v) is 7.65. The van der Waals surface area contributed by atoms with Crippen LogP contribution in [0.3, 0.4) is 0 Å². The van der Waals surface area contributed by atoms with Gasteiger partial charge < -0.3 is 14.2 Å². The minimum atomic E-state index is -4.41. The van der Waals surface area contributed by atoms with Gasteiger partial charge in [-0.3, -0.25) is 0 Å². The van der Waals surface area contributed by atoms with E-state index in [2.05, 4.69) is 12.1 Å². The largest absolute Gasteiger partial charge is 0.496 e. The summed E-state index contributed by atoms with van der Waals surface area (Å²) in [4.78, 5) is 0. The van der Waals surface area contributed by atoms with Crippen LogP contribution in [0.15, 0.2) is 115 Å². The number of hydrogen-bond acceptors (Lipinski definition) is 3. The van der Waals surface area contributed by atoms with Gasteiger partial charge in [-0.05, 0) is 77.1 Å². The quantitative estimate of drug-likeness (QED) is 0.121. The summed E-state index contributed by atoms with van der Waals surface area (Å²) in [5, 5.41) is 0. The van der Waals surface area contributed by atoms with Crippen LogP contribution in [0.4, 0.5) is 13.2 Å². The molecule has 0 spiro atoms. The average molecular weight is 637 g/mol. The normalized spacial score (nSPS) is 11.7. The molecule has 0 saturated carbocycles. The first-order valence-electron chi connectivity index (χ1n) is 15.3. The number of hydrogen-bond donors (Lipinski definition) is 0. The Balaban J connectivity index is 1.35. The van der Waals surface area contributed by atoms with E-state index >= 15 is 0 Å². The Hall–Kier alpha value is -5.30. The minimum absolute atomic E-state index is 0.384. The SMILES string of the molecule is COc1cc(/C=C/c2cccc(/C=C/c3ccc(OCc4ccccc4)c(OC)c3)[n+]2CC(F)(F)F)ccc1CCc1ccccc1. The molecule has 5 aromatic rings. The topological polar surface area (TPSA) is 31.6 Å². The van der Waals surface area contributed by atoms with Gasteiger partial charge >= 0.3 is 6.18 Å². The molecule has 4 nitrogen and oxygen atoms in total. The molecule has 0 radical (unpaired) electrons. The zero-order valence-corrected chi connectivity index (χ0v) is 26.4. The number of aromatic nitrogens is 1. The monoisotopic (exact) mass is 636 g/mol. The summed E-state index contributed by atoms with van der Waals surface area (Å²) in [6.07, 6.45) is 4.21. The number of aryl methyl sites for hydroxylation is 2. The fraction of sp³-hybridized carbons (Fsp3) is 0.175. The first-order chi connectivity index (χ1) is 22.8. The predicted octanol–water partition coefficient (Wildman–Crippen LogP) is 9.26. The number of halogens is 3. The van der Waals surface area contributed by atoms with Gasteiger partial charge in [0.25, 0.3) is 0 Å². The standard InChI is InChI=1S/C40H37F3NO3/c1-45-38-26-31(17-22-34(38)21-16-30-10-5-3-6-11-30)18-23-35-14-9-15-36(44(35)29-40(41,42)43)24-19-32-20-25-37(39(27-32)46-2)47-28-33-12-7-4-8-13-33/h3-15,17-20,22-27H,16,21,28-29H2,1-2H3/q+1/b23-18+,24-19+. The molecule has 0 bridgehead atoms. The Bertz CT molecular complexity index is 1690. The number of ether oxygens (including phenoxy) is 3. The van der Waals surface area contributed by atoms with Gasteiger partial charge in [0, 0.05) is 24.3 Å². The van der Waals surface area contributed by atoms with E-state index in [-0.39, 0.29) is 0 Å². The van der Waals surface area contributed by atoms with E-state index in [9.17, 15) is 13.2 Å². The second kappa shape index (κ2) is 15.8. The van der Waals surface area contributed by atoms with Crippen molar-refractivity contribution >= 4 is 24.3 Å². The molecule has 1 heterocycles. The summed E-state index contributed by atoms with van der Waals surface area (Å²) < 4.78 is 59.8. The lowest BCUT2D eigenvalue weighted by molar-refractivity contribution is -0.722. The zero-order valence-electron chi connectivity index (χ0n) is 26.4. The Kier molecular flexibility index (Phi) is 11.1. The molecule has 0 aliphatic carbocycles. The fourth-order valence-electron chi connectivity index (χ4n) is 5.23. The molecule has 0 amide bonds. The molecule has 0 saturated heterocycles. The van der Waals surface area contributed by atoms with Gasteiger partial charge in [-0.2, -0.15) is 17.7 Å². The van der Waals surface area contributed by atoms with Crippen LogP contribution in [0.25, 0.3) is 24.3 Å². The maximum Gasteiger partial charge on any atom is 0.448 e. The Labute approximate surface area is 274 Å². The second-order valence-electron chi connectivity index (χ2n) is 11.0. The zero-order chi connectivity index (χ0) is 33.1. The van der Waals surface area contributed by atoms with Crippen molar-refractivity contribution in [3.63, 3.8) is 0 Å². The Morgan fingerprint density at radius 3 is 1.74 bits per heavy atom. The molecule has 0 N–H and O–H groups in total. The fourth-order valence-corrected chi connectivity index (χ4v) is 5.23. The van der Waals surface area contributed by atoms with E-state index in [4.69, 9.17) is 14.2 Å². The molecule has 47 heavy (non-hydrogen) atoms. The van der Waals surface area contributed by atoms with Crippen molar-refractivity contribution in [3.05, 3.63) is 154 Å². The number of benzene rings is 4. The molecule has 0 atom stereocenters. The van der Waals surface area contributed by atoms with Gasteiger partial charge in [0.05, 0.1) is 14.2 Å². The summed E-state index contributed by atoms with van der Waals surface area (Å²) in [7, 11) is 3.18. The number of alkyl halides is 3. The Morgan fingerprint density at radius 1 is 0.574 bits per heavy atom. The molecular formula is C40H37F3NO3+. The van der Waals surface area contributed by atoms with Crippen LogP contribution >= 0.6 is 0 Å². The average Bonchev–Trinajstić information content (AvgIpc) is 3.09. The third kappa shape index (κ3) is 9.60. The predicted molar refractivity (Wildman–Crippen MR) is 181 cm³/mol. The molecule has 0 fully saturated rings. The van der Waals surface area contributed by atoms with Crippen molar-refractivity contribution in [2.75, 3.05) is 14.2 Å². The molecule has 0 aliphatic heterocycles. The first-order valence-corrected chi connectivity index (χ1v) is 15.3. The van der Waals surface area contributed by atoms with Crippen LogP contribution in [-0.2, 0) is 26.0 Å². The van der Waals surface area contributed by atoms with Crippen LogP contribution in [0.2, 0.25) is 0 Å². The van der Waals surface area contributed by atoms with Crippen molar-refractivity contribution in [2.45, 2.75) is 32.2 Å². The molecule has 240 valence electrons. The lowest BCUT2D eigenvalue weighted by Gasteiger charge is -2.11. The molecule has 7 heteroatoms. The lowest BCUT2D eigenvalue weighted by Crippen LogP contribution is -2.46. The minimum Gasteiger partial charge on any atom is -0.496 e. The maximum absolute atomic E-state index is 13.8. The van der Waals surface area contributed by atoms with E-state index in [1.807, 2.05) is 72.8 Å². The summed E-state index contributed by atoms with van der Waals surface area (Å²) >= 11 is 0. The number of rotatable bonds is 13. The van der Waals surface area contributed by atoms with Crippen LogP contribution in [-0.4, -0.2) is 20.4 Å². The molecule has 0 unspecified atom stereocenters. The van der Waals surface area contributed by atoms with Crippen molar-refractivity contribution in [1.82, 2.24) is 0 Å². The highest BCUT2D eigenvalue weighted by Gasteiger charge is 2.35. The lowest BCUT2D eigenvalue weighted by atomic mass is 10.0. The van der Waals surface area contributed by atoms with E-state index < -0.39 is 12.7 Å². The second-order valence-corrected chi connectivity index (χ2v) is 11.0. The van der Waals surface area contributed by atoms with E-state index in [0.29, 0.717) is 29.5 Å². The smallest absolute Gasteiger partial charge is 0.448 e.